The van der Waals surface area contributed by atoms with E-state index in [0.717, 1.165) is 0 Å². The Balaban J connectivity index is 0. The number of halogens is 1. The fraction of sp³-hybridized carbons (Fsp3) is 1.00. The third-order valence-corrected chi connectivity index (χ3v) is 2.17. The van der Waals surface area contributed by atoms with Gasteiger partial charge in [0, 0.05) is 6.54 Å². The van der Waals surface area contributed by atoms with Crippen molar-refractivity contribution in [3.8, 4) is 0 Å². The second-order valence-corrected chi connectivity index (χ2v) is 4.48. The number of hydrogen-bond donors (Lipinski definition) is 2. The predicted octanol–water partition coefficient (Wildman–Crippen LogP) is -0.695. The van der Waals surface area contributed by atoms with Gasteiger partial charge in [-0.25, -0.2) is 0 Å². The summed E-state index contributed by atoms with van der Waals surface area (Å²) >= 11 is 0. The molecule has 0 fully saturated rings. The van der Waals surface area contributed by atoms with Crippen LogP contribution in [-0.2, 0) is 24.3 Å². The van der Waals surface area contributed by atoms with Gasteiger partial charge in [-0.3, -0.25) is 4.55 Å². The molecule has 0 amide bonds. The minimum absolute atomic E-state index is 0. The number of rotatable bonds is 11. The van der Waals surface area contributed by atoms with Gasteiger partial charge in [-0.05, 0) is 0 Å². The molecule has 0 heterocycles. The summed E-state index contributed by atoms with van der Waals surface area (Å²) < 4.78 is 44.0. The molecule has 0 rings (SSSR count). The third-order valence-electron chi connectivity index (χ3n) is 1.49. The normalized spacial score (nSPS) is 11.2. The van der Waals surface area contributed by atoms with E-state index < -0.39 is 15.9 Å². The van der Waals surface area contributed by atoms with Crippen molar-refractivity contribution in [1.29, 1.82) is 0 Å². The summed E-state index contributed by atoms with van der Waals surface area (Å²) in [5, 5.41) is 0. The molecule has 7 nitrogen and oxygen atoms in total. The van der Waals surface area contributed by atoms with E-state index >= 15 is 0 Å². The highest BCUT2D eigenvalue weighted by Crippen LogP contribution is 1.85. The molecule has 3 N–H and O–H groups in total. The van der Waals surface area contributed by atoms with Crippen LogP contribution in [-0.4, -0.2) is 64.9 Å². The van der Waals surface area contributed by atoms with Gasteiger partial charge in [-0.1, -0.05) is 0 Å². The Hall–Kier alpha value is 0.0400. The molecule has 0 spiro atoms. The van der Waals surface area contributed by atoms with E-state index in [2.05, 4.69) is 0 Å². The molecule has 0 saturated carbocycles. The summed E-state index contributed by atoms with van der Waals surface area (Å²) in [4.78, 5) is 0. The van der Waals surface area contributed by atoms with Crippen LogP contribution in [0, 0.1) is 0 Å². The van der Waals surface area contributed by atoms with Crippen molar-refractivity contribution in [2.45, 2.75) is 0 Å². The molecule has 0 saturated heterocycles. The molecule has 0 aromatic rings. The van der Waals surface area contributed by atoms with Crippen LogP contribution >= 0.6 is 12.4 Å². The van der Waals surface area contributed by atoms with Crippen LogP contribution in [0.5, 0.6) is 0 Å². The lowest BCUT2D eigenvalue weighted by atomic mass is 10.7. The smallest absolute Gasteiger partial charge is 0.267 e. The molecule has 0 atom stereocenters. The van der Waals surface area contributed by atoms with Crippen molar-refractivity contribution < 1.29 is 27.2 Å². The number of ether oxygens (including phenoxy) is 3. The Labute approximate surface area is 108 Å². The highest BCUT2D eigenvalue weighted by atomic mass is 35.5. The monoisotopic (exact) mass is 293 g/mol. The fourth-order valence-electron chi connectivity index (χ4n) is 0.789. The van der Waals surface area contributed by atoms with Crippen molar-refractivity contribution in [2.24, 2.45) is 5.73 Å². The van der Waals surface area contributed by atoms with Gasteiger partial charge < -0.3 is 19.9 Å². The summed E-state index contributed by atoms with van der Waals surface area (Å²) in [6.45, 7) is 2.52. The molecule has 0 aromatic heterocycles. The molecule has 0 aliphatic heterocycles. The van der Waals surface area contributed by atoms with E-state index in [1.165, 1.54) is 0 Å². The number of nitrogens with two attached hydrogens (primary N) is 1. The molecule has 0 bridgehead atoms. The van der Waals surface area contributed by atoms with Crippen molar-refractivity contribution in [3.63, 3.8) is 0 Å². The molecule has 0 aliphatic carbocycles. The van der Waals surface area contributed by atoms with Crippen LogP contribution in [0.15, 0.2) is 0 Å². The van der Waals surface area contributed by atoms with Crippen LogP contribution in [0.4, 0.5) is 0 Å². The zero-order valence-corrected chi connectivity index (χ0v) is 11.2. The van der Waals surface area contributed by atoms with Crippen molar-refractivity contribution in [1.82, 2.24) is 0 Å². The van der Waals surface area contributed by atoms with Gasteiger partial charge in [0.2, 0.25) is 0 Å². The first-order chi connectivity index (χ1) is 7.56. The summed E-state index contributed by atoms with van der Waals surface area (Å²) in [5.41, 5.74) is 5.20. The third kappa shape index (κ3) is 18.6. The molecule has 0 unspecified atom stereocenters. The van der Waals surface area contributed by atoms with Crippen LogP contribution in [0.3, 0.4) is 0 Å². The first kappa shape index (κ1) is 19.4. The highest BCUT2D eigenvalue weighted by Gasteiger charge is 2.02. The summed E-state index contributed by atoms with van der Waals surface area (Å²) in [5.74, 6) is -0.396. The number of hydrogen-bond acceptors (Lipinski definition) is 6. The summed E-state index contributed by atoms with van der Waals surface area (Å²) in [7, 11) is -3.93. The average Bonchev–Trinajstić information content (AvgIpc) is 2.19. The SMILES string of the molecule is Cl.NCCOCCOCCOCCS(=O)(=O)O. The maximum Gasteiger partial charge on any atom is 0.267 e. The first-order valence-electron chi connectivity index (χ1n) is 4.94. The molecule has 106 valence electrons. The van der Waals surface area contributed by atoms with Gasteiger partial charge in [0.05, 0.1) is 45.4 Å². The topological polar surface area (TPSA) is 108 Å². The van der Waals surface area contributed by atoms with Gasteiger partial charge in [-0.2, -0.15) is 8.42 Å². The molecule has 0 aromatic carbocycles. The molecule has 17 heavy (non-hydrogen) atoms. The average molecular weight is 294 g/mol. The van der Waals surface area contributed by atoms with E-state index in [1.54, 1.807) is 0 Å². The maximum absolute atomic E-state index is 10.3. The largest absolute Gasteiger partial charge is 0.378 e. The van der Waals surface area contributed by atoms with Crippen molar-refractivity contribution >= 4 is 22.5 Å². The van der Waals surface area contributed by atoms with Crippen LogP contribution in [0.1, 0.15) is 0 Å². The van der Waals surface area contributed by atoms with E-state index in [1.807, 2.05) is 0 Å². The predicted molar refractivity (Wildman–Crippen MR) is 65.2 cm³/mol. The lowest BCUT2D eigenvalue weighted by Gasteiger charge is -2.05. The minimum atomic E-state index is -3.93. The first-order valence-corrected chi connectivity index (χ1v) is 6.55. The summed E-state index contributed by atoms with van der Waals surface area (Å²) in [6.07, 6.45) is 0. The Bertz CT molecular complexity index is 248. The fourth-order valence-corrected chi connectivity index (χ4v) is 1.12. The second-order valence-electron chi connectivity index (χ2n) is 2.91. The van der Waals surface area contributed by atoms with Crippen LogP contribution < -0.4 is 5.73 Å². The molecular formula is C8H20ClNO6S. The molecule has 0 radical (unpaired) electrons. The van der Waals surface area contributed by atoms with E-state index in [9.17, 15) is 8.42 Å². The second kappa shape index (κ2) is 12.5. The highest BCUT2D eigenvalue weighted by molar-refractivity contribution is 7.85. The van der Waals surface area contributed by atoms with Crippen molar-refractivity contribution in [3.05, 3.63) is 0 Å². The molecule has 0 aliphatic rings. The van der Waals surface area contributed by atoms with Gasteiger partial charge in [0.1, 0.15) is 0 Å². The lowest BCUT2D eigenvalue weighted by molar-refractivity contribution is 0.0187. The minimum Gasteiger partial charge on any atom is -0.378 e. The van der Waals surface area contributed by atoms with Gasteiger partial charge >= 0.3 is 0 Å². The summed E-state index contributed by atoms with van der Waals surface area (Å²) in [6, 6.07) is 0. The Morgan fingerprint density at radius 2 is 1.29 bits per heavy atom. The van der Waals surface area contributed by atoms with E-state index in [4.69, 9.17) is 24.5 Å². The van der Waals surface area contributed by atoms with Gasteiger partial charge in [-0.15, -0.1) is 12.4 Å². The molecular weight excluding hydrogens is 274 g/mol. The van der Waals surface area contributed by atoms with Crippen LogP contribution in [0.2, 0.25) is 0 Å². The lowest BCUT2D eigenvalue weighted by Crippen LogP contribution is -2.15. The van der Waals surface area contributed by atoms with E-state index in [0.29, 0.717) is 33.0 Å². The standard InChI is InChI=1S/C8H19NO6S.ClH/c9-1-2-13-3-4-14-5-6-15-7-8-16(10,11)12;/h1-9H2,(H,10,11,12);1H. The van der Waals surface area contributed by atoms with Crippen molar-refractivity contribution in [2.75, 3.05) is 51.9 Å². The zero-order valence-electron chi connectivity index (χ0n) is 9.54. The Morgan fingerprint density at radius 3 is 1.71 bits per heavy atom. The Morgan fingerprint density at radius 1 is 0.882 bits per heavy atom. The molecule has 9 heteroatoms. The zero-order chi connectivity index (χ0) is 12.3. The van der Waals surface area contributed by atoms with Gasteiger partial charge in [0.25, 0.3) is 10.1 Å². The van der Waals surface area contributed by atoms with E-state index in [-0.39, 0.29) is 25.6 Å². The van der Waals surface area contributed by atoms with Crippen LogP contribution in [0.25, 0.3) is 0 Å². The Kier molecular flexibility index (Phi) is 14.2. The maximum atomic E-state index is 10.3. The van der Waals surface area contributed by atoms with Gasteiger partial charge in [0.15, 0.2) is 0 Å². The quantitative estimate of drug-likeness (QED) is 0.383.